The molecule has 4 unspecified atom stereocenters. The van der Waals surface area contributed by atoms with E-state index in [1.807, 2.05) is 0 Å². The Hall–Kier alpha value is -2.52. The van der Waals surface area contributed by atoms with Crippen LogP contribution in [-0.4, -0.2) is 35.9 Å². The summed E-state index contributed by atoms with van der Waals surface area (Å²) in [5, 5.41) is 42.7. The molecule has 0 aromatic heterocycles. The fourth-order valence-corrected chi connectivity index (χ4v) is 4.96. The molecule has 0 aliphatic heterocycles. The van der Waals surface area contributed by atoms with Gasteiger partial charge in [0.2, 0.25) is 0 Å². The van der Waals surface area contributed by atoms with Crippen LogP contribution in [0.4, 0.5) is 0 Å². The van der Waals surface area contributed by atoms with E-state index in [1.54, 1.807) is 0 Å². The molecule has 10 heteroatoms. The molecule has 0 radical (unpaired) electrons. The lowest BCUT2D eigenvalue weighted by molar-refractivity contribution is 0.313. The van der Waals surface area contributed by atoms with E-state index < -0.39 is 0 Å². The largest absolute Gasteiger partial charge is 0.370 e. The molecule has 0 saturated heterocycles. The Kier molecular flexibility index (Phi) is 19.2. The van der Waals surface area contributed by atoms with Crippen molar-refractivity contribution >= 4 is 23.8 Å². The van der Waals surface area contributed by atoms with E-state index in [0.29, 0.717) is 11.8 Å². The number of rotatable bonds is 19. The van der Waals surface area contributed by atoms with Gasteiger partial charge < -0.3 is 22.1 Å². The second-order valence-electron chi connectivity index (χ2n) is 9.94. The van der Waals surface area contributed by atoms with Gasteiger partial charge in [-0.1, -0.05) is 91.9 Å². The molecule has 4 atom stereocenters. The summed E-state index contributed by atoms with van der Waals surface area (Å²) in [6.45, 7) is 8.84. The minimum atomic E-state index is -0.216. The quantitative estimate of drug-likeness (QED) is 0.0691. The van der Waals surface area contributed by atoms with Crippen LogP contribution >= 0.6 is 0 Å². The second kappa shape index (κ2) is 20.7. The van der Waals surface area contributed by atoms with Gasteiger partial charge in [0.15, 0.2) is 23.8 Å². The molecule has 36 heavy (non-hydrogen) atoms. The Morgan fingerprint density at radius 3 is 1.19 bits per heavy atom. The highest BCUT2D eigenvalue weighted by atomic mass is 15.2. The summed E-state index contributed by atoms with van der Waals surface area (Å²) in [7, 11) is 0. The van der Waals surface area contributed by atoms with Crippen molar-refractivity contribution in [2.75, 3.05) is 0 Å². The molecule has 12 N–H and O–H groups in total. The third kappa shape index (κ3) is 16.2. The normalized spacial score (nSPS) is 14.2. The predicted molar refractivity (Wildman–Crippen MR) is 154 cm³/mol. The summed E-state index contributed by atoms with van der Waals surface area (Å²) < 4.78 is 0. The van der Waals surface area contributed by atoms with E-state index in [-0.39, 0.29) is 35.9 Å². The van der Waals surface area contributed by atoms with Crippen LogP contribution in [0.3, 0.4) is 0 Å². The molecule has 0 saturated carbocycles. The van der Waals surface area contributed by atoms with Gasteiger partial charge in [0.1, 0.15) is 0 Å². The van der Waals surface area contributed by atoms with Crippen molar-refractivity contribution in [2.24, 2.45) is 23.3 Å². The van der Waals surface area contributed by atoms with Crippen LogP contribution in [0, 0.1) is 33.5 Å². The molecule has 210 valence electrons. The van der Waals surface area contributed by atoms with Gasteiger partial charge in [-0.15, -0.1) is 0 Å². The van der Waals surface area contributed by atoms with E-state index in [2.05, 4.69) is 49.0 Å². The van der Waals surface area contributed by atoms with E-state index in [1.165, 1.54) is 12.8 Å². The van der Waals surface area contributed by atoms with E-state index >= 15 is 0 Å². The minimum Gasteiger partial charge on any atom is -0.370 e. The number of nitrogens with two attached hydrogens (primary N) is 2. The summed E-state index contributed by atoms with van der Waals surface area (Å²) in [6.07, 6.45) is 15.5. The van der Waals surface area contributed by atoms with Crippen molar-refractivity contribution in [1.82, 2.24) is 21.3 Å². The topological polar surface area (TPSA) is 196 Å². The maximum absolute atomic E-state index is 8.10. The van der Waals surface area contributed by atoms with Crippen molar-refractivity contribution in [3.8, 4) is 0 Å². The lowest BCUT2D eigenvalue weighted by Gasteiger charge is -2.29. The highest BCUT2D eigenvalue weighted by Crippen LogP contribution is 2.24. The van der Waals surface area contributed by atoms with Crippen LogP contribution in [0.25, 0.3) is 0 Å². The van der Waals surface area contributed by atoms with Crippen molar-refractivity contribution in [2.45, 2.75) is 130 Å². The van der Waals surface area contributed by atoms with Crippen molar-refractivity contribution in [1.29, 1.82) is 21.6 Å². The predicted octanol–water partition coefficient (Wildman–Crippen LogP) is 4.51. The molecular weight excluding hydrogens is 452 g/mol. The molecule has 0 aromatic carbocycles. The first-order valence-corrected chi connectivity index (χ1v) is 14.1. The van der Waals surface area contributed by atoms with Crippen LogP contribution in [0.5, 0.6) is 0 Å². The molecular formula is C26H56N10. The zero-order chi connectivity index (χ0) is 27.3. The highest BCUT2D eigenvalue weighted by molar-refractivity contribution is 5.95. The minimum absolute atomic E-state index is 0.107. The Balaban J connectivity index is 4.83. The third-order valence-electron chi connectivity index (χ3n) is 7.00. The lowest BCUT2D eigenvalue weighted by Crippen LogP contribution is -2.49. The maximum atomic E-state index is 8.10. The summed E-state index contributed by atoms with van der Waals surface area (Å²) >= 11 is 0. The van der Waals surface area contributed by atoms with E-state index in [0.717, 1.165) is 77.0 Å². The van der Waals surface area contributed by atoms with Crippen LogP contribution in [0.2, 0.25) is 0 Å². The Labute approximate surface area is 219 Å². The SMILES string of the molecule is CCCCC(CC)C(CCCCCCC(NC(=N)NC(=N)N)C(CC)CCCC)NC(=N)NC(=N)N. The number of hydrogen-bond donors (Lipinski definition) is 10. The Bertz CT molecular complexity index is 582. The monoisotopic (exact) mass is 508 g/mol. The maximum Gasteiger partial charge on any atom is 0.195 e. The van der Waals surface area contributed by atoms with Gasteiger partial charge in [0, 0.05) is 12.1 Å². The fourth-order valence-electron chi connectivity index (χ4n) is 4.96. The summed E-state index contributed by atoms with van der Waals surface area (Å²) in [6, 6.07) is 0.402. The highest BCUT2D eigenvalue weighted by Gasteiger charge is 2.22. The molecule has 10 nitrogen and oxygen atoms in total. The third-order valence-corrected chi connectivity index (χ3v) is 7.00. The molecule has 0 heterocycles. The molecule has 0 rings (SSSR count). The standard InChI is InChI=1S/C26H56N10/c1-5-9-15-19(7-3)21(33-25(31)35-23(27)28)17-13-11-12-14-18-22(20(8-4)16-10-6-2)34-26(32)36-24(29)30/h19-22H,5-18H2,1-4H3,(H6,27,28,31,33,35)(H6,29,30,32,34,36). The average Bonchev–Trinajstić information content (AvgIpc) is 2.80. The fraction of sp³-hybridized carbons (Fsp3) is 0.846. The van der Waals surface area contributed by atoms with Crippen LogP contribution in [0.15, 0.2) is 0 Å². The Morgan fingerprint density at radius 2 is 0.917 bits per heavy atom. The molecule has 0 bridgehead atoms. The molecule has 0 amide bonds. The average molecular weight is 509 g/mol. The van der Waals surface area contributed by atoms with Crippen LogP contribution in [-0.2, 0) is 0 Å². The van der Waals surface area contributed by atoms with Crippen molar-refractivity contribution < 1.29 is 0 Å². The van der Waals surface area contributed by atoms with Gasteiger partial charge in [-0.3, -0.25) is 32.3 Å². The van der Waals surface area contributed by atoms with Crippen molar-refractivity contribution in [3.05, 3.63) is 0 Å². The molecule has 0 aliphatic rings. The zero-order valence-electron chi connectivity index (χ0n) is 23.4. The summed E-state index contributed by atoms with van der Waals surface area (Å²) in [4.78, 5) is 0. The molecule has 0 aromatic rings. The first-order chi connectivity index (χ1) is 17.2. The van der Waals surface area contributed by atoms with Gasteiger partial charge in [-0.05, 0) is 37.5 Å². The number of nitrogens with one attached hydrogen (secondary N) is 8. The van der Waals surface area contributed by atoms with Gasteiger partial charge in [0.25, 0.3) is 0 Å². The molecule has 0 aliphatic carbocycles. The van der Waals surface area contributed by atoms with Crippen molar-refractivity contribution in [3.63, 3.8) is 0 Å². The van der Waals surface area contributed by atoms with Crippen LogP contribution in [0.1, 0.15) is 118 Å². The smallest absolute Gasteiger partial charge is 0.195 e. The van der Waals surface area contributed by atoms with Gasteiger partial charge in [-0.25, -0.2) is 0 Å². The summed E-state index contributed by atoms with van der Waals surface area (Å²) in [5.74, 6) is 0.776. The first-order valence-electron chi connectivity index (χ1n) is 14.1. The lowest BCUT2D eigenvalue weighted by atomic mass is 9.87. The number of unbranched alkanes of at least 4 members (excludes halogenated alkanes) is 5. The van der Waals surface area contributed by atoms with E-state index in [4.69, 9.17) is 33.1 Å². The summed E-state index contributed by atoms with van der Waals surface area (Å²) in [5.41, 5.74) is 10.8. The van der Waals surface area contributed by atoms with Gasteiger partial charge in [-0.2, -0.15) is 0 Å². The number of guanidine groups is 4. The molecule has 0 fully saturated rings. The van der Waals surface area contributed by atoms with E-state index in [9.17, 15) is 0 Å². The molecule has 0 spiro atoms. The Morgan fingerprint density at radius 1 is 0.556 bits per heavy atom. The zero-order valence-corrected chi connectivity index (χ0v) is 23.4. The van der Waals surface area contributed by atoms with Gasteiger partial charge >= 0.3 is 0 Å². The van der Waals surface area contributed by atoms with Gasteiger partial charge in [0.05, 0.1) is 0 Å². The van der Waals surface area contributed by atoms with Crippen LogP contribution < -0.4 is 32.7 Å². The number of hydrogen-bond acceptors (Lipinski definition) is 4. The first kappa shape index (κ1) is 33.5. The second-order valence-corrected chi connectivity index (χ2v) is 9.94.